The van der Waals surface area contributed by atoms with E-state index < -0.39 is 0 Å². The summed E-state index contributed by atoms with van der Waals surface area (Å²) in [4.78, 5) is 26.4. The third kappa shape index (κ3) is 5.06. The monoisotopic (exact) mass is 438 g/mol. The van der Waals surface area contributed by atoms with Crippen molar-refractivity contribution in [3.05, 3.63) is 65.7 Å². The Morgan fingerprint density at radius 3 is 2.50 bits per heavy atom. The van der Waals surface area contributed by atoms with Crippen LogP contribution in [0.3, 0.4) is 0 Å². The molecule has 8 heteroatoms. The summed E-state index contributed by atoms with van der Waals surface area (Å²) >= 11 is 3.05. The molecule has 0 aliphatic heterocycles. The molecule has 2 aromatic carbocycles. The zero-order chi connectivity index (χ0) is 20.9. The molecule has 0 atom stereocenters. The van der Waals surface area contributed by atoms with Crippen LogP contribution < -0.4 is 10.2 Å². The predicted molar refractivity (Wildman–Crippen MR) is 121 cm³/mol. The molecule has 1 aliphatic carbocycles. The van der Waals surface area contributed by atoms with Crippen LogP contribution in [0.5, 0.6) is 0 Å². The Labute approximate surface area is 183 Å². The van der Waals surface area contributed by atoms with Gasteiger partial charge in [0.05, 0.1) is 0 Å². The molecule has 154 valence electrons. The van der Waals surface area contributed by atoms with E-state index in [9.17, 15) is 9.59 Å². The minimum atomic E-state index is -0.130. The van der Waals surface area contributed by atoms with Crippen molar-refractivity contribution in [3.8, 4) is 0 Å². The molecule has 0 unspecified atom stereocenters. The van der Waals surface area contributed by atoms with E-state index >= 15 is 0 Å². The van der Waals surface area contributed by atoms with Gasteiger partial charge in [-0.1, -0.05) is 60.4 Å². The minimum absolute atomic E-state index is 0.106. The molecule has 0 spiro atoms. The lowest BCUT2D eigenvalue weighted by Gasteiger charge is -2.17. The Morgan fingerprint density at radius 2 is 1.83 bits per heavy atom. The van der Waals surface area contributed by atoms with E-state index in [1.54, 1.807) is 11.8 Å². The number of aromatic nitrogens is 2. The molecule has 3 aromatic rings. The average Bonchev–Trinajstić information content (AvgIpc) is 3.50. The molecule has 1 aromatic heterocycles. The summed E-state index contributed by atoms with van der Waals surface area (Å²) in [6.45, 7) is 1.87. The summed E-state index contributed by atoms with van der Waals surface area (Å²) in [6.07, 6.45) is 2.55. The van der Waals surface area contributed by atoms with Gasteiger partial charge in [-0.3, -0.25) is 14.5 Å². The van der Waals surface area contributed by atoms with Crippen molar-refractivity contribution in [2.75, 3.05) is 10.2 Å². The van der Waals surface area contributed by atoms with Crippen LogP contribution in [-0.4, -0.2) is 28.1 Å². The van der Waals surface area contributed by atoms with Gasteiger partial charge in [-0.25, -0.2) is 0 Å². The number of amides is 2. The number of rotatable bonds is 8. The second-order valence-corrected chi connectivity index (χ2v) is 9.18. The van der Waals surface area contributed by atoms with Crippen LogP contribution in [0, 0.1) is 0 Å². The lowest BCUT2D eigenvalue weighted by molar-refractivity contribution is -0.118. The smallest absolute Gasteiger partial charge is 0.255 e. The second kappa shape index (κ2) is 9.40. The standard InChI is InChI=1S/C22H22N4O2S2/c1-2-19(27)26(18-12-13-18)21-24-25-22(30-21)29-14-15-8-10-16(11-9-15)20(28)23-17-6-4-3-5-7-17/h3-11,18H,2,12-14H2,1H3,(H,23,28). The maximum absolute atomic E-state index is 12.3. The number of thioether (sulfide) groups is 1. The van der Waals surface area contributed by atoms with Gasteiger partial charge >= 0.3 is 0 Å². The van der Waals surface area contributed by atoms with Crippen LogP contribution in [0.4, 0.5) is 10.8 Å². The van der Waals surface area contributed by atoms with Gasteiger partial charge in [0.1, 0.15) is 0 Å². The summed E-state index contributed by atoms with van der Waals surface area (Å²) in [6, 6.07) is 17.2. The summed E-state index contributed by atoms with van der Waals surface area (Å²) in [7, 11) is 0. The van der Waals surface area contributed by atoms with Crippen molar-refractivity contribution >= 4 is 45.7 Å². The molecular weight excluding hydrogens is 416 g/mol. The molecule has 1 saturated carbocycles. The summed E-state index contributed by atoms with van der Waals surface area (Å²) in [5.41, 5.74) is 2.48. The van der Waals surface area contributed by atoms with Gasteiger partial charge in [-0.05, 0) is 42.7 Å². The van der Waals surface area contributed by atoms with E-state index in [1.165, 1.54) is 11.3 Å². The molecule has 1 fully saturated rings. The Bertz CT molecular complexity index is 1020. The van der Waals surface area contributed by atoms with Crippen LogP contribution in [0.15, 0.2) is 58.9 Å². The molecule has 0 bridgehead atoms. The van der Waals surface area contributed by atoms with Gasteiger partial charge < -0.3 is 5.32 Å². The number of anilines is 2. The molecular formula is C22H22N4O2S2. The lowest BCUT2D eigenvalue weighted by atomic mass is 10.1. The molecule has 6 nitrogen and oxygen atoms in total. The average molecular weight is 439 g/mol. The maximum atomic E-state index is 12.3. The number of benzene rings is 2. The van der Waals surface area contributed by atoms with Gasteiger partial charge in [0.2, 0.25) is 11.0 Å². The molecule has 0 radical (unpaired) electrons. The number of carbonyl (C=O) groups is 2. The van der Waals surface area contributed by atoms with Crippen LogP contribution in [0.2, 0.25) is 0 Å². The van der Waals surface area contributed by atoms with Crippen molar-refractivity contribution in [1.29, 1.82) is 0 Å². The normalized spacial score (nSPS) is 13.1. The fourth-order valence-electron chi connectivity index (χ4n) is 2.95. The van der Waals surface area contributed by atoms with Crippen LogP contribution >= 0.6 is 23.1 Å². The summed E-state index contributed by atoms with van der Waals surface area (Å²) in [5.74, 6) is 0.699. The molecule has 1 heterocycles. The predicted octanol–water partition coefficient (Wildman–Crippen LogP) is 4.99. The quantitative estimate of drug-likeness (QED) is 0.396. The molecule has 1 N–H and O–H groups in total. The fraction of sp³-hybridized carbons (Fsp3) is 0.273. The Kier molecular flexibility index (Phi) is 6.44. The van der Waals surface area contributed by atoms with E-state index in [4.69, 9.17) is 0 Å². The first kappa shape index (κ1) is 20.6. The highest BCUT2D eigenvalue weighted by molar-refractivity contribution is 8.00. The van der Waals surface area contributed by atoms with Gasteiger partial charge in [-0.15, -0.1) is 10.2 Å². The van der Waals surface area contributed by atoms with E-state index in [2.05, 4.69) is 15.5 Å². The number of hydrogen-bond acceptors (Lipinski definition) is 6. The number of nitrogens with one attached hydrogen (secondary N) is 1. The summed E-state index contributed by atoms with van der Waals surface area (Å²) in [5, 5.41) is 12.1. The maximum Gasteiger partial charge on any atom is 0.255 e. The summed E-state index contributed by atoms with van der Waals surface area (Å²) < 4.78 is 0.838. The molecule has 30 heavy (non-hydrogen) atoms. The van der Waals surface area contributed by atoms with Crippen molar-refractivity contribution in [3.63, 3.8) is 0 Å². The zero-order valence-electron chi connectivity index (χ0n) is 16.6. The largest absolute Gasteiger partial charge is 0.322 e. The Morgan fingerprint density at radius 1 is 1.10 bits per heavy atom. The van der Waals surface area contributed by atoms with Crippen molar-refractivity contribution in [2.24, 2.45) is 0 Å². The highest BCUT2D eigenvalue weighted by Crippen LogP contribution is 2.36. The highest BCUT2D eigenvalue weighted by atomic mass is 32.2. The minimum Gasteiger partial charge on any atom is -0.322 e. The van der Waals surface area contributed by atoms with Gasteiger partial charge in [-0.2, -0.15) is 0 Å². The SMILES string of the molecule is CCC(=O)N(c1nnc(SCc2ccc(C(=O)Nc3ccccc3)cc2)s1)C1CC1. The number of carbonyl (C=O) groups excluding carboxylic acids is 2. The van der Waals surface area contributed by atoms with Crippen LogP contribution in [-0.2, 0) is 10.5 Å². The second-order valence-electron chi connectivity index (χ2n) is 7.00. The Hall–Kier alpha value is -2.71. The third-order valence-electron chi connectivity index (χ3n) is 4.70. The molecule has 4 rings (SSSR count). The first-order chi connectivity index (χ1) is 14.6. The van der Waals surface area contributed by atoms with Crippen molar-refractivity contribution in [1.82, 2.24) is 10.2 Å². The van der Waals surface area contributed by atoms with E-state index in [0.717, 1.165) is 34.2 Å². The molecule has 0 saturated heterocycles. The first-order valence-electron chi connectivity index (χ1n) is 9.87. The number of para-hydroxylation sites is 1. The van der Waals surface area contributed by atoms with E-state index in [1.807, 2.05) is 66.4 Å². The van der Waals surface area contributed by atoms with Crippen LogP contribution in [0.1, 0.15) is 42.1 Å². The number of nitrogens with zero attached hydrogens (tertiary/aromatic N) is 3. The lowest BCUT2D eigenvalue weighted by Crippen LogP contribution is -2.32. The van der Waals surface area contributed by atoms with Gasteiger partial charge in [0.15, 0.2) is 4.34 Å². The Balaban J connectivity index is 1.34. The molecule has 2 amide bonds. The zero-order valence-corrected chi connectivity index (χ0v) is 18.2. The van der Waals surface area contributed by atoms with Gasteiger partial charge in [0.25, 0.3) is 5.91 Å². The fourth-order valence-corrected chi connectivity index (χ4v) is 4.84. The van der Waals surface area contributed by atoms with E-state index in [-0.39, 0.29) is 17.9 Å². The first-order valence-corrected chi connectivity index (χ1v) is 11.7. The van der Waals surface area contributed by atoms with Crippen molar-refractivity contribution < 1.29 is 9.59 Å². The van der Waals surface area contributed by atoms with E-state index in [0.29, 0.717) is 17.1 Å². The van der Waals surface area contributed by atoms with Crippen molar-refractivity contribution in [2.45, 2.75) is 42.3 Å². The highest BCUT2D eigenvalue weighted by Gasteiger charge is 2.35. The van der Waals surface area contributed by atoms with Gasteiger partial charge in [0, 0.05) is 29.5 Å². The number of hydrogen-bond donors (Lipinski definition) is 1. The molecule has 1 aliphatic rings. The topological polar surface area (TPSA) is 75.2 Å². The van der Waals surface area contributed by atoms with Crippen LogP contribution in [0.25, 0.3) is 0 Å². The third-order valence-corrected chi connectivity index (χ3v) is 6.82.